The molecule has 1 aliphatic heterocycles. The van der Waals surface area contributed by atoms with Gasteiger partial charge in [-0.2, -0.15) is 5.26 Å². The second-order valence-electron chi connectivity index (χ2n) is 5.14. The van der Waals surface area contributed by atoms with E-state index in [9.17, 15) is 10.1 Å². The molecule has 7 nitrogen and oxygen atoms in total. The van der Waals surface area contributed by atoms with Gasteiger partial charge >= 0.3 is 5.69 Å². The van der Waals surface area contributed by atoms with Crippen molar-refractivity contribution in [3.8, 4) is 6.07 Å². The Labute approximate surface area is 117 Å². The van der Waals surface area contributed by atoms with Gasteiger partial charge in [0.2, 0.25) is 5.82 Å². The summed E-state index contributed by atoms with van der Waals surface area (Å²) in [5.74, 6) is 0.639. The third kappa shape index (κ3) is 2.86. The Hall–Kier alpha value is -2.20. The maximum atomic E-state index is 11.2. The second-order valence-corrected chi connectivity index (χ2v) is 5.14. The van der Waals surface area contributed by atoms with E-state index >= 15 is 0 Å². The predicted molar refractivity (Wildman–Crippen MR) is 74.2 cm³/mol. The molecule has 0 aliphatic carbocycles. The van der Waals surface area contributed by atoms with Crippen molar-refractivity contribution >= 4 is 11.5 Å². The topological polar surface area (TPSA) is 109 Å². The van der Waals surface area contributed by atoms with Gasteiger partial charge in [0.15, 0.2) is 0 Å². The number of piperidine rings is 1. The number of nitrogens with zero attached hydrogens (tertiary/aromatic N) is 4. The molecule has 0 radical (unpaired) electrons. The van der Waals surface area contributed by atoms with E-state index in [4.69, 9.17) is 11.0 Å². The molecule has 2 atom stereocenters. The summed E-state index contributed by atoms with van der Waals surface area (Å²) < 4.78 is 0. The van der Waals surface area contributed by atoms with Gasteiger partial charge in [-0.25, -0.2) is 4.98 Å². The van der Waals surface area contributed by atoms with Gasteiger partial charge in [0.25, 0.3) is 0 Å². The minimum Gasteiger partial charge on any atom is -0.351 e. The Morgan fingerprint density at radius 2 is 2.45 bits per heavy atom. The summed E-state index contributed by atoms with van der Waals surface area (Å²) in [5, 5.41) is 20.0. The Balaban J connectivity index is 2.32. The van der Waals surface area contributed by atoms with E-state index in [-0.39, 0.29) is 17.3 Å². The maximum absolute atomic E-state index is 11.2. The fourth-order valence-electron chi connectivity index (χ4n) is 2.52. The van der Waals surface area contributed by atoms with Crippen molar-refractivity contribution in [3.05, 3.63) is 27.9 Å². The number of nitriles is 1. The van der Waals surface area contributed by atoms with Gasteiger partial charge in [-0.05, 0) is 25.7 Å². The highest BCUT2D eigenvalue weighted by Gasteiger charge is 2.28. The molecule has 0 aromatic carbocycles. The van der Waals surface area contributed by atoms with Crippen LogP contribution in [0.3, 0.4) is 0 Å². The standard InChI is InChI=1S/C13H17N5O2/c1-9(15)11-3-2-4-17(8-11)13-12(18(19)20)5-10(6-14)7-16-13/h5,7,9,11H,2-4,8,15H2,1H3. The number of rotatable bonds is 3. The lowest BCUT2D eigenvalue weighted by molar-refractivity contribution is -0.384. The molecule has 1 fully saturated rings. The fourth-order valence-corrected chi connectivity index (χ4v) is 2.52. The Kier molecular flexibility index (Phi) is 4.15. The van der Waals surface area contributed by atoms with Gasteiger partial charge in [0.1, 0.15) is 6.07 Å². The van der Waals surface area contributed by atoms with Gasteiger partial charge in [-0.3, -0.25) is 10.1 Å². The van der Waals surface area contributed by atoms with Crippen molar-refractivity contribution in [2.75, 3.05) is 18.0 Å². The molecule has 1 aliphatic rings. The summed E-state index contributed by atoms with van der Waals surface area (Å²) in [6.45, 7) is 3.34. The Morgan fingerprint density at radius 1 is 1.70 bits per heavy atom. The molecule has 2 rings (SSSR count). The summed E-state index contributed by atoms with van der Waals surface area (Å²) in [6, 6.07) is 3.20. The van der Waals surface area contributed by atoms with Crippen molar-refractivity contribution in [1.82, 2.24) is 4.98 Å². The normalized spacial score (nSPS) is 20.2. The lowest BCUT2D eigenvalue weighted by Gasteiger charge is -2.35. The Morgan fingerprint density at radius 3 is 3.05 bits per heavy atom. The number of aromatic nitrogens is 1. The van der Waals surface area contributed by atoms with Gasteiger partial charge in [-0.1, -0.05) is 0 Å². The SMILES string of the molecule is CC(N)C1CCCN(c2ncc(C#N)cc2[N+](=O)[O-])C1. The molecule has 1 saturated heterocycles. The van der Waals surface area contributed by atoms with Gasteiger partial charge < -0.3 is 10.6 Å². The van der Waals surface area contributed by atoms with Crippen molar-refractivity contribution in [2.45, 2.75) is 25.8 Å². The highest BCUT2D eigenvalue weighted by atomic mass is 16.6. The first kappa shape index (κ1) is 14.2. The molecule has 20 heavy (non-hydrogen) atoms. The third-order valence-corrected chi connectivity index (χ3v) is 3.67. The fraction of sp³-hybridized carbons (Fsp3) is 0.538. The average molecular weight is 275 g/mol. The van der Waals surface area contributed by atoms with Crippen LogP contribution in [0.2, 0.25) is 0 Å². The number of nitrogens with two attached hydrogens (primary N) is 1. The second kappa shape index (κ2) is 5.84. The molecule has 1 aromatic heterocycles. The molecule has 2 unspecified atom stereocenters. The summed E-state index contributed by atoms with van der Waals surface area (Å²) in [4.78, 5) is 16.7. The predicted octanol–water partition coefficient (Wildman–Crippen LogP) is 1.43. The molecular weight excluding hydrogens is 258 g/mol. The van der Waals surface area contributed by atoms with Crippen LogP contribution in [0.5, 0.6) is 0 Å². The number of anilines is 1. The molecule has 0 bridgehead atoms. The first-order valence-electron chi connectivity index (χ1n) is 6.58. The summed E-state index contributed by atoms with van der Waals surface area (Å²) in [5.41, 5.74) is 6.01. The molecule has 0 amide bonds. The van der Waals surface area contributed by atoms with E-state index in [1.54, 1.807) is 0 Å². The molecule has 1 aromatic rings. The number of pyridine rings is 1. The summed E-state index contributed by atoms with van der Waals surface area (Å²) >= 11 is 0. The molecule has 2 heterocycles. The largest absolute Gasteiger partial charge is 0.351 e. The molecule has 0 spiro atoms. The highest BCUT2D eigenvalue weighted by Crippen LogP contribution is 2.30. The van der Waals surface area contributed by atoms with Crippen LogP contribution in [0, 0.1) is 27.4 Å². The molecule has 2 N–H and O–H groups in total. The van der Waals surface area contributed by atoms with Crippen molar-refractivity contribution in [3.63, 3.8) is 0 Å². The minimum atomic E-state index is -0.487. The van der Waals surface area contributed by atoms with Crippen LogP contribution < -0.4 is 10.6 Å². The zero-order chi connectivity index (χ0) is 14.7. The lowest BCUT2D eigenvalue weighted by atomic mass is 9.92. The first-order chi connectivity index (χ1) is 9.52. The van der Waals surface area contributed by atoms with Crippen LogP contribution in [0.1, 0.15) is 25.3 Å². The van der Waals surface area contributed by atoms with Crippen LogP contribution in [-0.4, -0.2) is 29.0 Å². The summed E-state index contributed by atoms with van der Waals surface area (Å²) in [7, 11) is 0. The molecule has 7 heteroatoms. The van der Waals surface area contributed by atoms with Gasteiger partial charge in [-0.15, -0.1) is 0 Å². The van der Waals surface area contributed by atoms with E-state index in [0.29, 0.717) is 18.3 Å². The minimum absolute atomic E-state index is 0.0511. The summed E-state index contributed by atoms with van der Waals surface area (Å²) in [6.07, 6.45) is 3.33. The Bertz CT molecular complexity index is 552. The van der Waals surface area contributed by atoms with Crippen molar-refractivity contribution in [2.24, 2.45) is 11.7 Å². The molecule has 106 valence electrons. The van der Waals surface area contributed by atoms with Crippen molar-refractivity contribution in [1.29, 1.82) is 5.26 Å². The maximum Gasteiger partial charge on any atom is 0.312 e. The molecule has 0 saturated carbocycles. The van der Waals surface area contributed by atoms with Crippen LogP contribution in [-0.2, 0) is 0 Å². The quantitative estimate of drug-likeness (QED) is 0.660. The van der Waals surface area contributed by atoms with E-state index in [0.717, 1.165) is 19.4 Å². The zero-order valence-electron chi connectivity index (χ0n) is 11.3. The third-order valence-electron chi connectivity index (χ3n) is 3.67. The highest BCUT2D eigenvalue weighted by molar-refractivity contribution is 5.60. The van der Waals surface area contributed by atoms with E-state index in [1.807, 2.05) is 17.9 Å². The monoisotopic (exact) mass is 275 g/mol. The van der Waals surface area contributed by atoms with Crippen LogP contribution in [0.25, 0.3) is 0 Å². The number of hydrogen-bond acceptors (Lipinski definition) is 6. The lowest BCUT2D eigenvalue weighted by Crippen LogP contribution is -2.42. The van der Waals surface area contributed by atoms with Gasteiger partial charge in [0, 0.05) is 31.4 Å². The van der Waals surface area contributed by atoms with Crippen LogP contribution in [0.4, 0.5) is 11.5 Å². The van der Waals surface area contributed by atoms with Crippen molar-refractivity contribution < 1.29 is 4.92 Å². The van der Waals surface area contributed by atoms with Crippen LogP contribution in [0.15, 0.2) is 12.3 Å². The number of hydrogen-bond donors (Lipinski definition) is 1. The first-order valence-corrected chi connectivity index (χ1v) is 6.58. The van der Waals surface area contributed by atoms with E-state index in [2.05, 4.69) is 4.98 Å². The van der Waals surface area contributed by atoms with E-state index < -0.39 is 4.92 Å². The average Bonchev–Trinajstić information content (AvgIpc) is 2.46. The molecular formula is C13H17N5O2. The smallest absolute Gasteiger partial charge is 0.312 e. The zero-order valence-corrected chi connectivity index (χ0v) is 11.3. The number of nitro groups is 1. The van der Waals surface area contributed by atoms with E-state index in [1.165, 1.54) is 12.3 Å². The van der Waals surface area contributed by atoms with Gasteiger partial charge in [0.05, 0.1) is 10.5 Å². The van der Waals surface area contributed by atoms with Crippen LogP contribution >= 0.6 is 0 Å².